The van der Waals surface area contributed by atoms with Crippen LogP contribution in [-0.4, -0.2) is 64.6 Å². The molecule has 1 saturated heterocycles. The first-order valence-electron chi connectivity index (χ1n) is 10.8. The van der Waals surface area contributed by atoms with E-state index in [0.717, 1.165) is 25.9 Å². The van der Waals surface area contributed by atoms with E-state index in [1.54, 1.807) is 30.8 Å². The molecule has 1 aliphatic heterocycles. The SMILES string of the molecule is COC[C@@H](C)Oc1cc(C(=O)Nc2nccs2)cc(Oc2ccc(C(=O)N3CCCC3)cn2)n1. The van der Waals surface area contributed by atoms with Crippen LogP contribution in [0.4, 0.5) is 5.13 Å². The van der Waals surface area contributed by atoms with Crippen molar-refractivity contribution >= 4 is 28.3 Å². The summed E-state index contributed by atoms with van der Waals surface area (Å²) in [6.07, 6.45) is 4.83. The van der Waals surface area contributed by atoms with Crippen LogP contribution in [0.2, 0.25) is 0 Å². The number of hydrogen-bond donors (Lipinski definition) is 1. The third kappa shape index (κ3) is 6.06. The minimum Gasteiger partial charge on any atom is -0.472 e. The molecule has 4 rings (SSSR count). The summed E-state index contributed by atoms with van der Waals surface area (Å²) < 4.78 is 16.7. The Morgan fingerprint density at radius 2 is 1.91 bits per heavy atom. The molecule has 0 saturated carbocycles. The fourth-order valence-corrected chi connectivity index (χ4v) is 3.96. The quantitative estimate of drug-likeness (QED) is 0.491. The van der Waals surface area contributed by atoms with E-state index in [9.17, 15) is 9.59 Å². The van der Waals surface area contributed by atoms with Gasteiger partial charge in [0.15, 0.2) is 5.13 Å². The molecule has 1 atom stereocenters. The Balaban J connectivity index is 1.53. The van der Waals surface area contributed by atoms with E-state index in [2.05, 4.69) is 20.3 Å². The van der Waals surface area contributed by atoms with Gasteiger partial charge in [0.1, 0.15) is 6.10 Å². The van der Waals surface area contributed by atoms with Crippen molar-refractivity contribution < 1.29 is 23.8 Å². The number of carbonyl (C=O) groups is 2. The number of pyridine rings is 2. The third-order valence-electron chi connectivity index (χ3n) is 5.00. The predicted molar refractivity (Wildman–Crippen MR) is 126 cm³/mol. The van der Waals surface area contributed by atoms with Gasteiger partial charge in [-0.3, -0.25) is 14.9 Å². The maximum Gasteiger partial charge on any atom is 0.257 e. The number of hydrogen-bond acceptors (Lipinski definition) is 9. The number of carbonyl (C=O) groups excluding carboxylic acids is 2. The lowest BCUT2D eigenvalue weighted by molar-refractivity contribution is 0.0792. The summed E-state index contributed by atoms with van der Waals surface area (Å²) in [7, 11) is 1.57. The van der Waals surface area contributed by atoms with Crippen LogP contribution in [0, 0.1) is 0 Å². The molecule has 4 heterocycles. The smallest absolute Gasteiger partial charge is 0.257 e. The summed E-state index contributed by atoms with van der Waals surface area (Å²) in [6.45, 7) is 3.70. The minimum absolute atomic E-state index is 0.0432. The van der Waals surface area contributed by atoms with E-state index in [1.165, 1.54) is 29.7 Å². The molecule has 178 valence electrons. The molecule has 0 bridgehead atoms. The molecule has 1 N–H and O–H groups in total. The number of rotatable bonds is 9. The molecule has 3 aromatic rings. The second-order valence-corrected chi connectivity index (χ2v) is 8.59. The Morgan fingerprint density at radius 1 is 1.12 bits per heavy atom. The van der Waals surface area contributed by atoms with E-state index in [1.807, 2.05) is 11.8 Å². The standard InChI is InChI=1S/C23H25N5O5S/c1-15(14-31-2)32-19-11-17(21(29)27-23-24-7-10-34-23)12-20(26-19)33-18-6-5-16(13-25-18)22(30)28-8-3-4-9-28/h5-7,10-13,15H,3-4,8-9,14H2,1-2H3,(H,24,27,29)/t15-/m1/s1. The van der Waals surface area contributed by atoms with E-state index >= 15 is 0 Å². The highest BCUT2D eigenvalue weighted by molar-refractivity contribution is 7.13. The summed E-state index contributed by atoms with van der Waals surface area (Å²) >= 11 is 1.31. The van der Waals surface area contributed by atoms with Gasteiger partial charge in [0, 0.05) is 56.2 Å². The van der Waals surface area contributed by atoms with Gasteiger partial charge in [-0.25, -0.2) is 9.97 Å². The van der Waals surface area contributed by atoms with Gasteiger partial charge >= 0.3 is 0 Å². The van der Waals surface area contributed by atoms with Crippen molar-refractivity contribution in [2.75, 3.05) is 32.1 Å². The number of thiazole rings is 1. The van der Waals surface area contributed by atoms with Crippen LogP contribution in [0.3, 0.4) is 0 Å². The van der Waals surface area contributed by atoms with Crippen molar-refractivity contribution in [1.29, 1.82) is 0 Å². The maximum atomic E-state index is 12.8. The molecule has 0 unspecified atom stereocenters. The lowest BCUT2D eigenvalue weighted by atomic mass is 10.2. The third-order valence-corrected chi connectivity index (χ3v) is 5.69. The zero-order chi connectivity index (χ0) is 23.9. The number of anilines is 1. The van der Waals surface area contributed by atoms with Gasteiger partial charge < -0.3 is 19.1 Å². The number of amides is 2. The first kappa shape index (κ1) is 23.6. The van der Waals surface area contributed by atoms with E-state index < -0.39 is 0 Å². The lowest BCUT2D eigenvalue weighted by Gasteiger charge is -2.15. The van der Waals surface area contributed by atoms with Crippen LogP contribution in [0.15, 0.2) is 42.0 Å². The molecule has 1 fully saturated rings. The molecule has 2 amide bonds. The van der Waals surface area contributed by atoms with Gasteiger partial charge in [0.05, 0.1) is 17.7 Å². The van der Waals surface area contributed by atoms with E-state index in [-0.39, 0.29) is 41.1 Å². The average Bonchev–Trinajstić information content (AvgIpc) is 3.54. The molecule has 1 aliphatic rings. The minimum atomic E-state index is -0.383. The summed E-state index contributed by atoms with van der Waals surface area (Å²) in [5.41, 5.74) is 0.775. The van der Waals surface area contributed by atoms with Gasteiger partial charge in [-0.05, 0) is 25.8 Å². The molecule has 10 nitrogen and oxygen atoms in total. The lowest BCUT2D eigenvalue weighted by Crippen LogP contribution is -2.27. The number of ether oxygens (including phenoxy) is 3. The van der Waals surface area contributed by atoms with Crippen molar-refractivity contribution in [3.63, 3.8) is 0 Å². The Morgan fingerprint density at radius 3 is 2.59 bits per heavy atom. The monoisotopic (exact) mass is 483 g/mol. The summed E-state index contributed by atoms with van der Waals surface area (Å²) in [5.74, 6) is 0.132. The predicted octanol–water partition coefficient (Wildman–Crippen LogP) is 3.63. The average molecular weight is 484 g/mol. The summed E-state index contributed by atoms with van der Waals surface area (Å²) in [4.78, 5) is 39.8. The van der Waals surface area contributed by atoms with Gasteiger partial charge in [0.2, 0.25) is 17.6 Å². The van der Waals surface area contributed by atoms with Crippen molar-refractivity contribution in [3.8, 4) is 17.6 Å². The van der Waals surface area contributed by atoms with E-state index in [4.69, 9.17) is 14.2 Å². The van der Waals surface area contributed by atoms with Crippen molar-refractivity contribution in [3.05, 3.63) is 53.2 Å². The van der Waals surface area contributed by atoms with Crippen molar-refractivity contribution in [1.82, 2.24) is 19.9 Å². The van der Waals surface area contributed by atoms with Crippen LogP contribution < -0.4 is 14.8 Å². The van der Waals surface area contributed by atoms with Crippen molar-refractivity contribution in [2.45, 2.75) is 25.9 Å². The largest absolute Gasteiger partial charge is 0.472 e. The molecule has 11 heteroatoms. The van der Waals surface area contributed by atoms with Crippen LogP contribution in [0.25, 0.3) is 0 Å². The normalized spacial score (nSPS) is 14.0. The van der Waals surface area contributed by atoms with Gasteiger partial charge in [0.25, 0.3) is 11.8 Å². The van der Waals surface area contributed by atoms with Crippen molar-refractivity contribution in [2.24, 2.45) is 0 Å². The van der Waals surface area contributed by atoms with Crippen LogP contribution in [0.1, 0.15) is 40.5 Å². The van der Waals surface area contributed by atoms with E-state index in [0.29, 0.717) is 17.3 Å². The Labute approximate surface area is 200 Å². The topological polar surface area (TPSA) is 116 Å². The second kappa shape index (κ2) is 11.0. The maximum absolute atomic E-state index is 12.8. The molecule has 0 aromatic carbocycles. The Bertz CT molecular complexity index is 1120. The van der Waals surface area contributed by atoms with Crippen LogP contribution >= 0.6 is 11.3 Å². The molecule has 0 radical (unpaired) electrons. The molecule has 3 aromatic heterocycles. The number of nitrogens with one attached hydrogen (secondary N) is 1. The molecule has 34 heavy (non-hydrogen) atoms. The summed E-state index contributed by atoms with van der Waals surface area (Å²) in [5, 5.41) is 4.97. The van der Waals surface area contributed by atoms with Gasteiger partial charge in [-0.15, -0.1) is 11.3 Å². The zero-order valence-corrected chi connectivity index (χ0v) is 19.7. The fraction of sp³-hybridized carbons (Fsp3) is 0.348. The Kier molecular flexibility index (Phi) is 7.65. The highest BCUT2D eigenvalue weighted by Gasteiger charge is 2.20. The molecule has 0 spiro atoms. The molecule has 0 aliphatic carbocycles. The molecular weight excluding hydrogens is 458 g/mol. The first-order chi connectivity index (χ1) is 16.5. The number of aromatic nitrogens is 3. The highest BCUT2D eigenvalue weighted by atomic mass is 32.1. The first-order valence-corrected chi connectivity index (χ1v) is 11.7. The molecular formula is C23H25N5O5S. The number of likely N-dealkylation sites (tertiary alicyclic amines) is 1. The highest BCUT2D eigenvalue weighted by Crippen LogP contribution is 2.25. The van der Waals surface area contributed by atoms with Gasteiger partial charge in [-0.2, -0.15) is 4.98 Å². The number of methoxy groups -OCH3 is 1. The van der Waals surface area contributed by atoms with Crippen LogP contribution in [0.5, 0.6) is 17.6 Å². The number of nitrogens with zero attached hydrogens (tertiary/aromatic N) is 4. The van der Waals surface area contributed by atoms with Gasteiger partial charge in [-0.1, -0.05) is 0 Å². The second-order valence-electron chi connectivity index (χ2n) is 7.69. The fourth-order valence-electron chi connectivity index (χ4n) is 3.43. The zero-order valence-electron chi connectivity index (χ0n) is 18.9. The summed E-state index contributed by atoms with van der Waals surface area (Å²) in [6, 6.07) is 6.27. The van der Waals surface area contributed by atoms with Crippen LogP contribution in [-0.2, 0) is 4.74 Å². The Hall–Kier alpha value is -3.57.